The van der Waals surface area contributed by atoms with E-state index in [9.17, 15) is 4.79 Å². The van der Waals surface area contributed by atoms with E-state index in [2.05, 4.69) is 31.2 Å². The second kappa shape index (κ2) is 6.24. The number of ether oxygens (including phenoxy) is 1. The van der Waals surface area contributed by atoms with Crippen LogP contribution in [0.1, 0.15) is 25.3 Å². The van der Waals surface area contributed by atoms with Gasteiger partial charge in [-0.05, 0) is 24.8 Å². The molecule has 0 N–H and O–H groups in total. The van der Waals surface area contributed by atoms with Gasteiger partial charge in [0.05, 0.1) is 6.54 Å². The van der Waals surface area contributed by atoms with Crippen molar-refractivity contribution in [3.05, 3.63) is 47.7 Å². The minimum absolute atomic E-state index is 0.222. The first-order valence-corrected chi connectivity index (χ1v) is 6.46. The van der Waals surface area contributed by atoms with Crippen molar-refractivity contribution in [3.8, 4) is 0 Å². The van der Waals surface area contributed by atoms with Crippen molar-refractivity contribution >= 4 is 6.09 Å². The van der Waals surface area contributed by atoms with Gasteiger partial charge in [0.15, 0.2) is 0 Å². The van der Waals surface area contributed by atoms with Gasteiger partial charge in [-0.2, -0.15) is 0 Å². The number of nitrogens with zero attached hydrogens (tertiary/aromatic N) is 1. The summed E-state index contributed by atoms with van der Waals surface area (Å²) in [5, 5.41) is 0. The first-order chi connectivity index (χ1) is 8.79. The van der Waals surface area contributed by atoms with Crippen LogP contribution in [0.25, 0.3) is 0 Å². The highest BCUT2D eigenvalue weighted by atomic mass is 16.6. The molecule has 96 valence electrons. The Morgan fingerprint density at radius 3 is 2.78 bits per heavy atom. The fraction of sp³-hybridized carbons (Fsp3) is 0.400. The van der Waals surface area contributed by atoms with Gasteiger partial charge in [-0.1, -0.05) is 42.8 Å². The SMILES string of the molecule is CCC(=CN1CCOC1=O)CCc1ccccc1. The first kappa shape index (κ1) is 12.7. The van der Waals surface area contributed by atoms with E-state index in [-0.39, 0.29) is 6.09 Å². The Morgan fingerprint density at radius 2 is 2.17 bits per heavy atom. The smallest absolute Gasteiger partial charge is 0.413 e. The van der Waals surface area contributed by atoms with E-state index in [1.165, 1.54) is 11.1 Å². The Morgan fingerprint density at radius 1 is 1.39 bits per heavy atom. The van der Waals surface area contributed by atoms with Crippen LogP contribution in [0.3, 0.4) is 0 Å². The number of cyclic esters (lactones) is 1. The Labute approximate surface area is 108 Å². The molecule has 0 atom stereocenters. The van der Waals surface area contributed by atoms with E-state index in [1.807, 2.05) is 12.3 Å². The second-order valence-corrected chi connectivity index (χ2v) is 4.43. The van der Waals surface area contributed by atoms with E-state index in [4.69, 9.17) is 4.74 Å². The van der Waals surface area contributed by atoms with E-state index in [0.717, 1.165) is 19.3 Å². The third-order valence-electron chi connectivity index (χ3n) is 3.16. The zero-order chi connectivity index (χ0) is 12.8. The Balaban J connectivity index is 1.93. The van der Waals surface area contributed by atoms with Crippen LogP contribution in [0.4, 0.5) is 4.79 Å². The van der Waals surface area contributed by atoms with Crippen LogP contribution in [0.5, 0.6) is 0 Å². The summed E-state index contributed by atoms with van der Waals surface area (Å²) >= 11 is 0. The maximum Gasteiger partial charge on any atom is 0.413 e. The van der Waals surface area contributed by atoms with Crippen molar-refractivity contribution in [2.75, 3.05) is 13.2 Å². The first-order valence-electron chi connectivity index (χ1n) is 6.46. The molecule has 1 aliphatic rings. The summed E-state index contributed by atoms with van der Waals surface area (Å²) in [5.74, 6) is 0. The van der Waals surface area contributed by atoms with Crippen LogP contribution in [-0.2, 0) is 11.2 Å². The normalized spacial score (nSPS) is 15.9. The van der Waals surface area contributed by atoms with Crippen molar-refractivity contribution in [1.29, 1.82) is 0 Å². The number of hydrogen-bond acceptors (Lipinski definition) is 2. The number of benzene rings is 1. The molecule has 1 heterocycles. The molecule has 1 aromatic rings. The molecule has 1 aromatic carbocycles. The highest BCUT2D eigenvalue weighted by Gasteiger charge is 2.19. The van der Waals surface area contributed by atoms with Crippen molar-refractivity contribution in [2.45, 2.75) is 26.2 Å². The monoisotopic (exact) mass is 245 g/mol. The Bertz CT molecular complexity index is 425. The number of aryl methyl sites for hydroxylation is 1. The van der Waals surface area contributed by atoms with E-state index < -0.39 is 0 Å². The summed E-state index contributed by atoms with van der Waals surface area (Å²) in [7, 11) is 0. The fourth-order valence-corrected chi connectivity index (χ4v) is 2.03. The van der Waals surface area contributed by atoms with Gasteiger partial charge >= 0.3 is 6.09 Å². The molecule has 0 radical (unpaired) electrons. The number of amides is 1. The lowest BCUT2D eigenvalue weighted by Gasteiger charge is -2.10. The van der Waals surface area contributed by atoms with Crippen LogP contribution in [0.2, 0.25) is 0 Å². The minimum Gasteiger partial charge on any atom is -0.447 e. The highest BCUT2D eigenvalue weighted by Crippen LogP contribution is 2.15. The molecule has 0 bridgehead atoms. The largest absolute Gasteiger partial charge is 0.447 e. The standard InChI is InChI=1S/C15H19NO2/c1-2-13(12-16-10-11-18-15(16)17)8-9-14-6-4-3-5-7-14/h3-7,12H,2,8-11H2,1H3. The molecule has 2 rings (SSSR count). The van der Waals surface area contributed by atoms with Crippen LogP contribution in [0.15, 0.2) is 42.1 Å². The van der Waals surface area contributed by atoms with Crippen molar-refractivity contribution in [2.24, 2.45) is 0 Å². The summed E-state index contributed by atoms with van der Waals surface area (Å²) in [6.07, 6.45) is 4.71. The number of carbonyl (C=O) groups excluding carboxylic acids is 1. The third-order valence-corrected chi connectivity index (χ3v) is 3.16. The molecule has 1 aliphatic heterocycles. The average Bonchev–Trinajstić information content (AvgIpc) is 2.81. The number of rotatable bonds is 5. The van der Waals surface area contributed by atoms with Crippen molar-refractivity contribution < 1.29 is 9.53 Å². The average molecular weight is 245 g/mol. The molecule has 1 fully saturated rings. The van der Waals surface area contributed by atoms with Crippen LogP contribution >= 0.6 is 0 Å². The molecule has 0 aliphatic carbocycles. The van der Waals surface area contributed by atoms with Crippen molar-refractivity contribution in [1.82, 2.24) is 4.90 Å². The molecule has 0 spiro atoms. The molecule has 3 nitrogen and oxygen atoms in total. The zero-order valence-corrected chi connectivity index (χ0v) is 10.8. The summed E-state index contributed by atoms with van der Waals surface area (Å²) in [6.45, 7) is 3.30. The lowest BCUT2D eigenvalue weighted by atomic mass is 10.0. The molecule has 1 amide bonds. The fourth-order valence-electron chi connectivity index (χ4n) is 2.03. The quantitative estimate of drug-likeness (QED) is 0.796. The second-order valence-electron chi connectivity index (χ2n) is 4.43. The van der Waals surface area contributed by atoms with Gasteiger partial charge in [-0.15, -0.1) is 0 Å². The van der Waals surface area contributed by atoms with Gasteiger partial charge in [-0.3, -0.25) is 4.90 Å². The van der Waals surface area contributed by atoms with E-state index >= 15 is 0 Å². The van der Waals surface area contributed by atoms with Gasteiger partial charge in [0, 0.05) is 6.20 Å². The molecule has 1 saturated heterocycles. The van der Waals surface area contributed by atoms with Gasteiger partial charge in [0.25, 0.3) is 0 Å². The maximum absolute atomic E-state index is 11.4. The lowest BCUT2D eigenvalue weighted by molar-refractivity contribution is 0.166. The summed E-state index contributed by atoms with van der Waals surface area (Å²) < 4.78 is 4.92. The van der Waals surface area contributed by atoms with Crippen LogP contribution in [0, 0.1) is 0 Å². The van der Waals surface area contributed by atoms with Gasteiger partial charge < -0.3 is 4.74 Å². The number of carbonyl (C=O) groups is 1. The third kappa shape index (κ3) is 3.36. The molecule has 3 heteroatoms. The number of allylic oxidation sites excluding steroid dienone is 1. The summed E-state index contributed by atoms with van der Waals surface area (Å²) in [4.78, 5) is 13.0. The topological polar surface area (TPSA) is 29.5 Å². The highest BCUT2D eigenvalue weighted by molar-refractivity contribution is 5.70. The summed E-state index contributed by atoms with van der Waals surface area (Å²) in [5.41, 5.74) is 2.62. The number of hydrogen-bond donors (Lipinski definition) is 0. The molecule has 0 aromatic heterocycles. The van der Waals surface area contributed by atoms with Gasteiger partial charge in [0.2, 0.25) is 0 Å². The maximum atomic E-state index is 11.4. The van der Waals surface area contributed by atoms with E-state index in [0.29, 0.717) is 13.2 Å². The predicted octanol–water partition coefficient (Wildman–Crippen LogP) is 3.37. The van der Waals surface area contributed by atoms with Gasteiger partial charge in [-0.25, -0.2) is 4.79 Å². The van der Waals surface area contributed by atoms with Gasteiger partial charge in [0.1, 0.15) is 6.61 Å². The lowest BCUT2D eigenvalue weighted by Crippen LogP contribution is -2.18. The van der Waals surface area contributed by atoms with Crippen molar-refractivity contribution in [3.63, 3.8) is 0 Å². The predicted molar refractivity (Wildman–Crippen MR) is 71.2 cm³/mol. The Hall–Kier alpha value is -1.77. The Kier molecular flexibility index (Phi) is 4.40. The molecular weight excluding hydrogens is 226 g/mol. The molecule has 0 saturated carbocycles. The molecular formula is C15H19NO2. The molecule has 18 heavy (non-hydrogen) atoms. The molecule has 0 unspecified atom stereocenters. The summed E-state index contributed by atoms with van der Waals surface area (Å²) in [6, 6.07) is 10.4. The van der Waals surface area contributed by atoms with Crippen LogP contribution < -0.4 is 0 Å². The van der Waals surface area contributed by atoms with Crippen LogP contribution in [-0.4, -0.2) is 24.1 Å². The minimum atomic E-state index is -0.222. The zero-order valence-electron chi connectivity index (χ0n) is 10.8. The van der Waals surface area contributed by atoms with E-state index in [1.54, 1.807) is 4.90 Å².